The number of nitrogens with two attached hydrogens (primary N) is 1. The molecular weight excluding hydrogens is 334 g/mol. The molecule has 1 aromatic heterocycles. The molecule has 1 amide bonds. The Morgan fingerprint density at radius 3 is 2.62 bits per heavy atom. The molecule has 0 saturated heterocycles. The SMILES string of the molecule is CC(C)(C(=O)NC(CN)C1CCCCC1)n1cc([N+](=O)[O-])cn1.Cl. The van der Waals surface area contributed by atoms with E-state index in [-0.39, 0.29) is 30.0 Å². The first-order valence-electron chi connectivity index (χ1n) is 8.07. The van der Waals surface area contributed by atoms with Gasteiger partial charge in [0.25, 0.3) is 0 Å². The molecule has 136 valence electrons. The zero-order valence-electron chi connectivity index (χ0n) is 14.1. The fourth-order valence-electron chi connectivity index (χ4n) is 3.07. The second-order valence-corrected chi connectivity index (χ2v) is 6.67. The molecule has 9 heteroatoms. The summed E-state index contributed by atoms with van der Waals surface area (Å²) in [6.45, 7) is 3.77. The lowest BCUT2D eigenvalue weighted by molar-refractivity contribution is -0.385. The second-order valence-electron chi connectivity index (χ2n) is 6.67. The maximum atomic E-state index is 12.7. The lowest BCUT2D eigenvalue weighted by Gasteiger charge is -2.33. The van der Waals surface area contributed by atoms with E-state index >= 15 is 0 Å². The molecule has 1 fully saturated rings. The van der Waals surface area contributed by atoms with Crippen LogP contribution in [0.25, 0.3) is 0 Å². The van der Waals surface area contributed by atoms with Crippen molar-refractivity contribution in [3.63, 3.8) is 0 Å². The summed E-state index contributed by atoms with van der Waals surface area (Å²) in [5.41, 5.74) is 4.70. The highest BCUT2D eigenvalue weighted by atomic mass is 35.5. The zero-order valence-corrected chi connectivity index (χ0v) is 14.9. The van der Waals surface area contributed by atoms with Crippen molar-refractivity contribution in [2.24, 2.45) is 11.7 Å². The fraction of sp³-hybridized carbons (Fsp3) is 0.733. The van der Waals surface area contributed by atoms with E-state index in [1.54, 1.807) is 13.8 Å². The van der Waals surface area contributed by atoms with Gasteiger partial charge in [-0.25, -0.2) is 0 Å². The average Bonchev–Trinajstić information content (AvgIpc) is 3.04. The predicted molar refractivity (Wildman–Crippen MR) is 93.0 cm³/mol. The maximum absolute atomic E-state index is 12.7. The van der Waals surface area contributed by atoms with Crippen LogP contribution < -0.4 is 11.1 Å². The van der Waals surface area contributed by atoms with Gasteiger partial charge in [0, 0.05) is 12.6 Å². The van der Waals surface area contributed by atoms with Crippen molar-refractivity contribution in [3.8, 4) is 0 Å². The fourth-order valence-corrected chi connectivity index (χ4v) is 3.07. The Bertz CT molecular complexity index is 569. The lowest BCUT2D eigenvalue weighted by atomic mass is 9.83. The number of carbonyl (C=O) groups excluding carboxylic acids is 1. The van der Waals surface area contributed by atoms with Crippen LogP contribution in [0.1, 0.15) is 46.0 Å². The minimum Gasteiger partial charge on any atom is -0.350 e. The summed E-state index contributed by atoms with van der Waals surface area (Å²) in [4.78, 5) is 22.9. The van der Waals surface area contributed by atoms with Crippen LogP contribution in [-0.2, 0) is 10.3 Å². The van der Waals surface area contributed by atoms with Gasteiger partial charge in [-0.05, 0) is 32.6 Å². The Morgan fingerprint density at radius 2 is 2.12 bits per heavy atom. The highest BCUT2D eigenvalue weighted by Crippen LogP contribution is 2.27. The van der Waals surface area contributed by atoms with Crippen molar-refractivity contribution >= 4 is 24.0 Å². The van der Waals surface area contributed by atoms with E-state index in [4.69, 9.17) is 5.73 Å². The Labute approximate surface area is 147 Å². The van der Waals surface area contributed by atoms with Gasteiger partial charge in [-0.2, -0.15) is 5.10 Å². The predicted octanol–water partition coefficient (Wildman–Crippen LogP) is 1.97. The second kappa shape index (κ2) is 8.43. The topological polar surface area (TPSA) is 116 Å². The average molecular weight is 360 g/mol. The number of halogens is 1. The molecule has 0 radical (unpaired) electrons. The van der Waals surface area contributed by atoms with Crippen LogP contribution in [-0.4, -0.2) is 33.2 Å². The van der Waals surface area contributed by atoms with E-state index in [0.717, 1.165) is 19.0 Å². The van der Waals surface area contributed by atoms with Crippen molar-refractivity contribution in [3.05, 3.63) is 22.5 Å². The molecule has 2 rings (SSSR count). The first kappa shape index (κ1) is 20.4. The number of nitro groups is 1. The van der Waals surface area contributed by atoms with E-state index in [9.17, 15) is 14.9 Å². The smallest absolute Gasteiger partial charge is 0.307 e. The number of nitrogens with zero attached hydrogens (tertiary/aromatic N) is 3. The van der Waals surface area contributed by atoms with Gasteiger partial charge in [-0.15, -0.1) is 12.4 Å². The molecule has 8 nitrogen and oxygen atoms in total. The monoisotopic (exact) mass is 359 g/mol. The van der Waals surface area contributed by atoms with Crippen LogP contribution in [0.4, 0.5) is 5.69 Å². The molecule has 0 aliphatic heterocycles. The largest absolute Gasteiger partial charge is 0.350 e. The normalized spacial score (nSPS) is 17.0. The summed E-state index contributed by atoms with van der Waals surface area (Å²) in [6, 6.07) is -0.0624. The number of aromatic nitrogens is 2. The third-order valence-electron chi connectivity index (χ3n) is 4.70. The molecule has 24 heavy (non-hydrogen) atoms. The van der Waals surface area contributed by atoms with Gasteiger partial charge in [0.05, 0.1) is 4.92 Å². The number of amides is 1. The van der Waals surface area contributed by atoms with Crippen LogP contribution in [0, 0.1) is 16.0 Å². The molecule has 0 spiro atoms. The number of hydrogen-bond acceptors (Lipinski definition) is 5. The Hall–Kier alpha value is -1.67. The van der Waals surface area contributed by atoms with Gasteiger partial charge in [0.15, 0.2) is 0 Å². The summed E-state index contributed by atoms with van der Waals surface area (Å²) in [6.07, 6.45) is 8.17. The van der Waals surface area contributed by atoms with E-state index in [0.29, 0.717) is 12.5 Å². The van der Waals surface area contributed by atoms with Crippen molar-refractivity contribution < 1.29 is 9.72 Å². The van der Waals surface area contributed by atoms with Crippen LogP contribution in [0.3, 0.4) is 0 Å². The third-order valence-corrected chi connectivity index (χ3v) is 4.70. The van der Waals surface area contributed by atoms with E-state index in [1.807, 2.05) is 0 Å². The summed E-state index contributed by atoms with van der Waals surface area (Å²) in [5, 5.41) is 17.8. The molecule has 1 aromatic rings. The summed E-state index contributed by atoms with van der Waals surface area (Å²) >= 11 is 0. The minimum atomic E-state index is -1.02. The molecule has 1 atom stereocenters. The maximum Gasteiger partial charge on any atom is 0.307 e. The molecule has 1 aliphatic carbocycles. The minimum absolute atomic E-state index is 0. The molecule has 0 aromatic carbocycles. The van der Waals surface area contributed by atoms with Gasteiger partial charge in [-0.3, -0.25) is 19.6 Å². The molecule has 1 aliphatic rings. The van der Waals surface area contributed by atoms with Crippen LogP contribution in [0.5, 0.6) is 0 Å². The number of rotatable bonds is 6. The molecular formula is C15H26ClN5O3. The van der Waals surface area contributed by atoms with Crippen molar-refractivity contribution in [2.45, 2.75) is 57.5 Å². The van der Waals surface area contributed by atoms with Crippen molar-refractivity contribution in [1.82, 2.24) is 15.1 Å². The highest BCUT2D eigenvalue weighted by Gasteiger charge is 2.34. The highest BCUT2D eigenvalue weighted by molar-refractivity contribution is 5.85. The van der Waals surface area contributed by atoms with Gasteiger partial charge in [0.1, 0.15) is 17.9 Å². The molecule has 0 bridgehead atoms. The van der Waals surface area contributed by atoms with Crippen molar-refractivity contribution in [1.29, 1.82) is 0 Å². The number of hydrogen-bond donors (Lipinski definition) is 2. The quantitative estimate of drug-likeness (QED) is 0.595. The van der Waals surface area contributed by atoms with Gasteiger partial charge in [0.2, 0.25) is 5.91 Å². The summed E-state index contributed by atoms with van der Waals surface area (Å²) in [7, 11) is 0. The van der Waals surface area contributed by atoms with E-state index in [2.05, 4.69) is 10.4 Å². The molecule has 3 N–H and O–H groups in total. The Morgan fingerprint density at radius 1 is 1.50 bits per heavy atom. The molecule has 1 unspecified atom stereocenters. The van der Waals surface area contributed by atoms with Gasteiger partial charge in [-0.1, -0.05) is 19.3 Å². The Kier molecular flexibility index (Phi) is 7.16. The summed E-state index contributed by atoms with van der Waals surface area (Å²) in [5.74, 6) is 0.178. The van der Waals surface area contributed by atoms with Crippen LogP contribution >= 0.6 is 12.4 Å². The first-order chi connectivity index (χ1) is 10.9. The molecule has 1 heterocycles. The van der Waals surface area contributed by atoms with E-state index in [1.165, 1.54) is 30.1 Å². The number of nitrogens with one attached hydrogen (secondary N) is 1. The van der Waals surface area contributed by atoms with Crippen molar-refractivity contribution in [2.75, 3.05) is 6.54 Å². The molecule has 1 saturated carbocycles. The van der Waals surface area contributed by atoms with Crippen LogP contribution in [0.15, 0.2) is 12.4 Å². The summed E-state index contributed by atoms with van der Waals surface area (Å²) < 4.78 is 1.33. The van der Waals surface area contributed by atoms with Gasteiger partial charge >= 0.3 is 5.69 Å². The lowest BCUT2D eigenvalue weighted by Crippen LogP contribution is -2.53. The zero-order chi connectivity index (χ0) is 17.0. The van der Waals surface area contributed by atoms with E-state index < -0.39 is 10.5 Å². The van der Waals surface area contributed by atoms with Gasteiger partial charge < -0.3 is 11.1 Å². The first-order valence-corrected chi connectivity index (χ1v) is 8.07. The van der Waals surface area contributed by atoms with Crippen LogP contribution in [0.2, 0.25) is 0 Å². The number of carbonyl (C=O) groups is 1. The Balaban J connectivity index is 0.00000288. The standard InChI is InChI=1S/C15H25N5O3.ClH/c1-15(2,19-10-12(9-17-19)20(22)23)14(21)18-13(8-16)11-6-4-3-5-7-11;/h9-11,13H,3-8,16H2,1-2H3,(H,18,21);1H. The third kappa shape index (κ3) is 4.45.